The molecule has 2 aliphatic heterocycles. The summed E-state index contributed by atoms with van der Waals surface area (Å²) in [4.78, 5) is 13.7. The molecule has 0 bridgehead atoms. The van der Waals surface area contributed by atoms with Crippen LogP contribution in [-0.2, 0) is 14.6 Å². The molecule has 2 saturated heterocycles. The van der Waals surface area contributed by atoms with Crippen LogP contribution < -0.4 is 5.32 Å². The Bertz CT molecular complexity index is 382. The Kier molecular flexibility index (Phi) is 4.61. The molecule has 0 aromatic carbocycles. The highest BCUT2D eigenvalue weighted by Crippen LogP contribution is 2.15. The number of likely N-dealkylation sites (tertiary alicyclic amines) is 1. The third-order valence-electron chi connectivity index (χ3n) is 3.79. The molecule has 0 aromatic rings. The van der Waals surface area contributed by atoms with E-state index in [2.05, 4.69) is 5.32 Å². The van der Waals surface area contributed by atoms with Crippen molar-refractivity contribution in [1.82, 2.24) is 10.2 Å². The quantitative estimate of drug-likeness (QED) is 0.796. The third-order valence-corrected chi connectivity index (χ3v) is 5.86. The zero-order valence-electron chi connectivity index (χ0n) is 10.7. The van der Waals surface area contributed by atoms with Crippen molar-refractivity contribution in [3.63, 3.8) is 0 Å². The highest BCUT2D eigenvalue weighted by Gasteiger charge is 2.31. The number of rotatable bonds is 3. The smallest absolute Gasteiger partial charge is 0.237 e. The van der Waals surface area contributed by atoms with Crippen LogP contribution in [0.5, 0.6) is 0 Å². The number of nitrogens with zero attached hydrogens (tertiary/aromatic N) is 1. The molecular formula is C12H22N2O3S. The minimum Gasteiger partial charge on any atom is -0.342 e. The molecule has 1 atom stereocenters. The van der Waals surface area contributed by atoms with Crippen LogP contribution in [-0.4, -0.2) is 56.4 Å². The average molecular weight is 274 g/mol. The number of carbonyl (C=O) groups excluding carboxylic acids is 1. The zero-order valence-corrected chi connectivity index (χ0v) is 11.5. The van der Waals surface area contributed by atoms with Gasteiger partial charge in [-0.25, -0.2) is 8.42 Å². The molecule has 6 heteroatoms. The molecule has 0 saturated carbocycles. The van der Waals surface area contributed by atoms with Gasteiger partial charge in [-0.1, -0.05) is 0 Å². The monoisotopic (exact) mass is 274 g/mol. The summed E-state index contributed by atoms with van der Waals surface area (Å²) in [5.41, 5.74) is 0. The fourth-order valence-electron chi connectivity index (χ4n) is 2.65. The maximum absolute atomic E-state index is 12.2. The summed E-state index contributed by atoms with van der Waals surface area (Å²) in [6, 6.07) is 0. The Hall–Kier alpha value is -0.620. The van der Waals surface area contributed by atoms with Crippen molar-refractivity contribution < 1.29 is 13.2 Å². The molecule has 18 heavy (non-hydrogen) atoms. The standard InChI is InChI=1S/C12H22N2O3S/c15-12(14-7-2-1-3-8-14)10-18(16,17)11-5-4-6-13-9-11/h11,13H,1-10H2. The lowest BCUT2D eigenvalue weighted by atomic mass is 10.1. The van der Waals surface area contributed by atoms with E-state index in [0.29, 0.717) is 13.0 Å². The minimum atomic E-state index is -3.29. The van der Waals surface area contributed by atoms with E-state index in [9.17, 15) is 13.2 Å². The zero-order chi connectivity index (χ0) is 13.0. The van der Waals surface area contributed by atoms with Gasteiger partial charge in [0.15, 0.2) is 9.84 Å². The molecular weight excluding hydrogens is 252 g/mol. The highest BCUT2D eigenvalue weighted by molar-refractivity contribution is 7.92. The van der Waals surface area contributed by atoms with Crippen molar-refractivity contribution in [2.24, 2.45) is 0 Å². The van der Waals surface area contributed by atoms with E-state index in [1.807, 2.05) is 0 Å². The Morgan fingerprint density at radius 1 is 1.17 bits per heavy atom. The molecule has 0 spiro atoms. The Morgan fingerprint density at radius 3 is 2.50 bits per heavy atom. The molecule has 1 unspecified atom stereocenters. The van der Waals surface area contributed by atoms with Crippen LogP contribution in [0.15, 0.2) is 0 Å². The van der Waals surface area contributed by atoms with Crippen molar-refractivity contribution >= 4 is 15.7 Å². The highest BCUT2D eigenvalue weighted by atomic mass is 32.2. The summed E-state index contributed by atoms with van der Waals surface area (Å²) in [5.74, 6) is -0.514. The van der Waals surface area contributed by atoms with Crippen LogP contribution in [0.4, 0.5) is 0 Å². The van der Waals surface area contributed by atoms with E-state index < -0.39 is 9.84 Å². The topological polar surface area (TPSA) is 66.5 Å². The Labute approximate surface area is 109 Å². The predicted molar refractivity (Wildman–Crippen MR) is 70.1 cm³/mol. The molecule has 0 radical (unpaired) electrons. The normalized spacial score (nSPS) is 26.0. The first-order valence-corrected chi connectivity index (χ1v) is 8.51. The third kappa shape index (κ3) is 3.45. The van der Waals surface area contributed by atoms with E-state index in [1.54, 1.807) is 4.90 Å². The van der Waals surface area contributed by atoms with Crippen molar-refractivity contribution in [2.75, 3.05) is 31.9 Å². The van der Waals surface area contributed by atoms with Crippen LogP contribution in [0.3, 0.4) is 0 Å². The Balaban J connectivity index is 1.92. The van der Waals surface area contributed by atoms with E-state index in [1.165, 1.54) is 0 Å². The first kappa shape index (κ1) is 13.8. The fraction of sp³-hybridized carbons (Fsp3) is 0.917. The number of sulfone groups is 1. The summed E-state index contributed by atoms with van der Waals surface area (Å²) in [6.07, 6.45) is 4.70. The van der Waals surface area contributed by atoms with E-state index in [0.717, 1.165) is 45.3 Å². The number of amides is 1. The maximum Gasteiger partial charge on any atom is 0.237 e. The molecule has 2 rings (SSSR count). The maximum atomic E-state index is 12.2. The molecule has 0 aliphatic carbocycles. The van der Waals surface area contributed by atoms with Gasteiger partial charge in [-0.15, -0.1) is 0 Å². The summed E-state index contributed by atoms with van der Waals surface area (Å²) in [7, 11) is -3.29. The largest absolute Gasteiger partial charge is 0.342 e. The second-order valence-corrected chi connectivity index (χ2v) is 7.50. The lowest BCUT2D eigenvalue weighted by Gasteiger charge is -2.28. The molecule has 1 amide bonds. The first-order valence-electron chi connectivity index (χ1n) is 6.80. The average Bonchev–Trinajstić information content (AvgIpc) is 2.40. The molecule has 1 N–H and O–H groups in total. The van der Waals surface area contributed by atoms with Gasteiger partial charge < -0.3 is 10.2 Å². The number of nitrogens with one attached hydrogen (secondary N) is 1. The van der Waals surface area contributed by atoms with Gasteiger partial charge in [-0.3, -0.25) is 4.79 Å². The number of carbonyl (C=O) groups is 1. The van der Waals surface area contributed by atoms with Crippen LogP contribution in [0.1, 0.15) is 32.1 Å². The lowest BCUT2D eigenvalue weighted by Crippen LogP contribution is -2.45. The fourth-order valence-corrected chi connectivity index (χ4v) is 4.31. The van der Waals surface area contributed by atoms with Crippen molar-refractivity contribution in [3.05, 3.63) is 0 Å². The molecule has 2 heterocycles. The van der Waals surface area contributed by atoms with Crippen LogP contribution in [0, 0.1) is 0 Å². The summed E-state index contributed by atoms with van der Waals surface area (Å²) in [5, 5.41) is 2.71. The first-order chi connectivity index (χ1) is 8.59. The molecule has 2 aliphatic rings. The number of piperidine rings is 2. The summed E-state index contributed by atoms with van der Waals surface area (Å²) >= 11 is 0. The molecule has 2 fully saturated rings. The molecule has 0 aromatic heterocycles. The van der Waals surface area contributed by atoms with Crippen molar-refractivity contribution in [1.29, 1.82) is 0 Å². The predicted octanol–water partition coefficient (Wildman–Crippen LogP) is 0.166. The van der Waals surface area contributed by atoms with Gasteiger partial charge in [0.05, 0.1) is 5.25 Å². The second-order valence-electron chi connectivity index (χ2n) is 5.22. The molecule has 5 nitrogen and oxygen atoms in total. The van der Waals surface area contributed by atoms with Crippen LogP contribution in [0.25, 0.3) is 0 Å². The summed E-state index contributed by atoms with van der Waals surface area (Å²) in [6.45, 7) is 2.82. The van der Waals surface area contributed by atoms with Gasteiger partial charge in [-0.2, -0.15) is 0 Å². The van der Waals surface area contributed by atoms with Gasteiger partial charge in [0.1, 0.15) is 5.75 Å². The van der Waals surface area contributed by atoms with Gasteiger partial charge in [0.25, 0.3) is 0 Å². The van der Waals surface area contributed by atoms with Gasteiger partial charge in [-0.05, 0) is 38.6 Å². The van der Waals surface area contributed by atoms with Crippen LogP contribution >= 0.6 is 0 Å². The SMILES string of the molecule is O=C(CS(=O)(=O)C1CCCNC1)N1CCCCC1. The van der Waals surface area contributed by atoms with E-state index in [-0.39, 0.29) is 16.9 Å². The number of hydrogen-bond donors (Lipinski definition) is 1. The van der Waals surface area contributed by atoms with Gasteiger partial charge in [0.2, 0.25) is 5.91 Å². The van der Waals surface area contributed by atoms with E-state index >= 15 is 0 Å². The Morgan fingerprint density at radius 2 is 1.89 bits per heavy atom. The van der Waals surface area contributed by atoms with Gasteiger partial charge in [0, 0.05) is 19.6 Å². The number of hydrogen-bond acceptors (Lipinski definition) is 4. The van der Waals surface area contributed by atoms with Gasteiger partial charge >= 0.3 is 0 Å². The lowest BCUT2D eigenvalue weighted by molar-refractivity contribution is -0.129. The summed E-state index contributed by atoms with van der Waals surface area (Å²) < 4.78 is 24.3. The second kappa shape index (κ2) is 6.02. The van der Waals surface area contributed by atoms with Crippen molar-refractivity contribution in [2.45, 2.75) is 37.4 Å². The van der Waals surface area contributed by atoms with Crippen molar-refractivity contribution in [3.8, 4) is 0 Å². The molecule has 104 valence electrons. The van der Waals surface area contributed by atoms with E-state index in [4.69, 9.17) is 0 Å². The minimum absolute atomic E-state index is 0.208. The van der Waals surface area contributed by atoms with Crippen LogP contribution in [0.2, 0.25) is 0 Å².